The van der Waals surface area contributed by atoms with Gasteiger partial charge in [-0.05, 0) is 37.3 Å². The molecule has 0 spiro atoms. The summed E-state index contributed by atoms with van der Waals surface area (Å²) >= 11 is 11.5. The SMILES string of the molecule is CCN1/C(=C/C=C2/SC(=S)N(CCP(=O)(O)O)C2=O)Sc2ccc(Br)cc21. The first-order valence-corrected chi connectivity index (χ1v) is 12.6. The summed E-state index contributed by atoms with van der Waals surface area (Å²) in [6.45, 7) is 2.77. The quantitative estimate of drug-likeness (QED) is 0.350. The van der Waals surface area contributed by atoms with Crippen LogP contribution in [0.4, 0.5) is 5.69 Å². The minimum absolute atomic E-state index is 0.0852. The van der Waals surface area contributed by atoms with Gasteiger partial charge in [0.1, 0.15) is 4.32 Å². The number of amides is 1. The molecule has 1 aromatic carbocycles. The third-order valence-electron chi connectivity index (χ3n) is 3.87. The molecule has 0 saturated carbocycles. The number of thioether (sulfide) groups is 2. The van der Waals surface area contributed by atoms with Crippen LogP contribution in [-0.2, 0) is 9.36 Å². The van der Waals surface area contributed by atoms with Crippen molar-refractivity contribution in [3.63, 3.8) is 0 Å². The van der Waals surface area contributed by atoms with Gasteiger partial charge in [-0.3, -0.25) is 14.3 Å². The molecule has 0 aromatic heterocycles. The van der Waals surface area contributed by atoms with E-state index in [2.05, 4.69) is 39.9 Å². The smallest absolute Gasteiger partial charge is 0.327 e. The van der Waals surface area contributed by atoms with Crippen molar-refractivity contribution in [2.75, 3.05) is 24.2 Å². The predicted molar refractivity (Wildman–Crippen MR) is 118 cm³/mol. The fraction of sp³-hybridized carbons (Fsp3) is 0.250. The second-order valence-corrected chi connectivity index (χ2v) is 11.1. The zero-order valence-electron chi connectivity index (χ0n) is 14.2. The first-order valence-electron chi connectivity index (χ1n) is 7.95. The van der Waals surface area contributed by atoms with Crippen LogP contribution in [0.15, 0.2) is 49.7 Å². The van der Waals surface area contributed by atoms with E-state index in [9.17, 15) is 9.36 Å². The molecule has 27 heavy (non-hydrogen) atoms. The number of rotatable bonds is 5. The van der Waals surface area contributed by atoms with Crippen LogP contribution in [0, 0.1) is 0 Å². The van der Waals surface area contributed by atoms with Gasteiger partial charge in [0, 0.05) is 22.5 Å². The Bertz CT molecular complexity index is 915. The predicted octanol–water partition coefficient (Wildman–Crippen LogP) is 4.14. The fourth-order valence-corrected chi connectivity index (χ4v) is 5.78. The molecule has 2 N–H and O–H groups in total. The Morgan fingerprint density at radius 2 is 2.00 bits per heavy atom. The number of hydrogen-bond donors (Lipinski definition) is 2. The van der Waals surface area contributed by atoms with E-state index in [0.717, 1.165) is 38.4 Å². The zero-order chi connectivity index (χ0) is 19.8. The van der Waals surface area contributed by atoms with Gasteiger partial charge in [0.25, 0.3) is 5.91 Å². The van der Waals surface area contributed by atoms with Gasteiger partial charge in [0.15, 0.2) is 0 Å². The van der Waals surface area contributed by atoms with Crippen LogP contribution in [-0.4, -0.2) is 44.2 Å². The molecule has 1 amide bonds. The van der Waals surface area contributed by atoms with Gasteiger partial charge in [0.05, 0.1) is 21.8 Å². The van der Waals surface area contributed by atoms with Gasteiger partial charge in [-0.1, -0.05) is 51.7 Å². The summed E-state index contributed by atoms with van der Waals surface area (Å²) in [4.78, 5) is 35.5. The minimum Gasteiger partial charge on any atom is -0.335 e. The Morgan fingerprint density at radius 1 is 1.26 bits per heavy atom. The monoisotopic (exact) mass is 506 g/mol. The summed E-state index contributed by atoms with van der Waals surface area (Å²) in [5, 5.41) is 1.01. The molecule has 0 atom stereocenters. The average Bonchev–Trinajstić information content (AvgIpc) is 3.06. The lowest BCUT2D eigenvalue weighted by Gasteiger charge is -2.17. The fourth-order valence-electron chi connectivity index (χ4n) is 2.61. The second kappa shape index (κ2) is 8.41. The van der Waals surface area contributed by atoms with Crippen molar-refractivity contribution in [1.29, 1.82) is 0 Å². The van der Waals surface area contributed by atoms with E-state index in [-0.39, 0.29) is 12.5 Å². The summed E-state index contributed by atoms with van der Waals surface area (Å²) in [7, 11) is -4.18. The molecule has 2 aliphatic rings. The lowest BCUT2D eigenvalue weighted by atomic mass is 10.3. The number of nitrogens with zero attached hydrogens (tertiary/aromatic N) is 2. The molecule has 6 nitrogen and oxygen atoms in total. The third-order valence-corrected chi connectivity index (χ3v) is 7.68. The minimum atomic E-state index is -4.18. The summed E-state index contributed by atoms with van der Waals surface area (Å²) in [6, 6.07) is 6.11. The highest BCUT2D eigenvalue weighted by atomic mass is 79.9. The average molecular weight is 507 g/mol. The van der Waals surface area contributed by atoms with Crippen LogP contribution < -0.4 is 4.90 Å². The maximum Gasteiger partial charge on any atom is 0.327 e. The third kappa shape index (κ3) is 4.87. The van der Waals surface area contributed by atoms with Crippen molar-refractivity contribution < 1.29 is 19.1 Å². The van der Waals surface area contributed by atoms with Gasteiger partial charge in [-0.15, -0.1) is 0 Å². The molecule has 2 heterocycles. The molecular formula is C16H16BrN2O4PS3. The lowest BCUT2D eigenvalue weighted by Crippen LogP contribution is -2.30. The van der Waals surface area contributed by atoms with E-state index in [0.29, 0.717) is 9.23 Å². The highest BCUT2D eigenvalue weighted by molar-refractivity contribution is 9.10. The zero-order valence-corrected chi connectivity index (χ0v) is 19.1. The number of hydrogen-bond acceptors (Lipinski definition) is 6. The Balaban J connectivity index is 1.78. The molecule has 0 aliphatic carbocycles. The van der Waals surface area contributed by atoms with Gasteiger partial charge in [-0.25, -0.2) is 0 Å². The van der Waals surface area contributed by atoms with Crippen LogP contribution in [0.3, 0.4) is 0 Å². The van der Waals surface area contributed by atoms with E-state index < -0.39 is 13.8 Å². The van der Waals surface area contributed by atoms with Gasteiger partial charge < -0.3 is 14.7 Å². The molecule has 2 aliphatic heterocycles. The summed E-state index contributed by atoms with van der Waals surface area (Å²) in [5.41, 5.74) is 1.12. The molecule has 1 aromatic rings. The number of carbonyl (C=O) groups is 1. The number of halogens is 1. The van der Waals surface area contributed by atoms with Crippen molar-refractivity contribution >= 4 is 75.2 Å². The number of thiocarbonyl (C=S) groups is 1. The molecule has 144 valence electrons. The molecule has 0 bridgehead atoms. The Morgan fingerprint density at radius 3 is 2.67 bits per heavy atom. The van der Waals surface area contributed by atoms with Crippen LogP contribution in [0.1, 0.15) is 6.92 Å². The first kappa shape index (κ1) is 21.1. The number of anilines is 1. The Labute approximate surface area is 179 Å². The first-order chi connectivity index (χ1) is 12.7. The van der Waals surface area contributed by atoms with E-state index in [1.807, 2.05) is 12.1 Å². The van der Waals surface area contributed by atoms with Crippen LogP contribution >= 0.6 is 59.3 Å². The largest absolute Gasteiger partial charge is 0.335 e. The second-order valence-electron chi connectivity index (χ2n) is 5.71. The van der Waals surface area contributed by atoms with E-state index in [1.54, 1.807) is 17.8 Å². The summed E-state index contributed by atoms with van der Waals surface area (Å²) < 4.78 is 12.4. The summed E-state index contributed by atoms with van der Waals surface area (Å²) in [6.07, 6.45) is 3.21. The topological polar surface area (TPSA) is 81.1 Å². The van der Waals surface area contributed by atoms with E-state index in [1.165, 1.54) is 4.90 Å². The Kier molecular flexibility index (Phi) is 6.57. The normalized spacial score (nSPS) is 20.3. The maximum atomic E-state index is 12.5. The summed E-state index contributed by atoms with van der Waals surface area (Å²) in [5.74, 6) is -0.318. The number of allylic oxidation sites excluding steroid dienone is 2. The molecule has 1 fully saturated rings. The van der Waals surface area contributed by atoms with Crippen LogP contribution in [0.2, 0.25) is 0 Å². The van der Waals surface area contributed by atoms with Gasteiger partial charge in [0.2, 0.25) is 0 Å². The van der Waals surface area contributed by atoms with E-state index in [4.69, 9.17) is 22.0 Å². The van der Waals surface area contributed by atoms with Crippen molar-refractivity contribution in [2.24, 2.45) is 0 Å². The van der Waals surface area contributed by atoms with Crippen LogP contribution in [0.5, 0.6) is 0 Å². The molecule has 11 heteroatoms. The van der Waals surface area contributed by atoms with Crippen LogP contribution in [0.25, 0.3) is 0 Å². The molecule has 3 rings (SSSR count). The number of fused-ring (bicyclic) bond motifs is 1. The Hall–Kier alpha value is -0.610. The van der Waals surface area contributed by atoms with Gasteiger partial charge >= 0.3 is 7.60 Å². The highest BCUT2D eigenvalue weighted by Gasteiger charge is 2.33. The number of benzene rings is 1. The molecular weight excluding hydrogens is 491 g/mol. The van der Waals surface area contributed by atoms with Gasteiger partial charge in [-0.2, -0.15) is 0 Å². The van der Waals surface area contributed by atoms with Crippen molar-refractivity contribution in [3.8, 4) is 0 Å². The van der Waals surface area contributed by atoms with Crippen molar-refractivity contribution in [1.82, 2.24) is 4.90 Å². The van der Waals surface area contributed by atoms with Crippen molar-refractivity contribution in [3.05, 3.63) is 44.8 Å². The molecule has 0 unspecified atom stereocenters. The molecule has 1 saturated heterocycles. The lowest BCUT2D eigenvalue weighted by molar-refractivity contribution is -0.122. The molecule has 0 radical (unpaired) electrons. The maximum absolute atomic E-state index is 12.5. The standard InChI is InChI=1S/C16H16BrN2O4PS3/c1-2-18-11-9-10(17)3-4-12(11)26-14(18)6-5-13-15(20)19(16(25)27-13)7-8-24(21,22)23/h3-6,9H,2,7-8H2,1H3,(H2,21,22,23)/b13-5+,14-6-. The highest BCUT2D eigenvalue weighted by Crippen LogP contribution is 2.47. The van der Waals surface area contributed by atoms with Crippen molar-refractivity contribution in [2.45, 2.75) is 11.8 Å². The number of carbonyl (C=O) groups excluding carboxylic acids is 1. The van der Waals surface area contributed by atoms with E-state index >= 15 is 0 Å².